The Morgan fingerprint density at radius 1 is 1.21 bits per heavy atom. The number of rotatable bonds is 7. The molecule has 132 valence electrons. The van der Waals surface area contributed by atoms with Crippen molar-refractivity contribution in [3.63, 3.8) is 0 Å². The summed E-state index contributed by atoms with van der Waals surface area (Å²) in [6.07, 6.45) is 7.48. The normalized spacial score (nSPS) is 13.2. The molecule has 2 aromatic heterocycles. The van der Waals surface area contributed by atoms with Crippen LogP contribution in [-0.2, 0) is 25.7 Å². The highest BCUT2D eigenvalue weighted by atomic mass is 35.5. The van der Waals surface area contributed by atoms with Crippen LogP contribution in [0.1, 0.15) is 50.3 Å². The number of halogens is 1. The van der Waals surface area contributed by atoms with Crippen LogP contribution in [0.4, 0.5) is 0 Å². The number of amides is 1. The largest absolute Gasteiger partial charge is 0.351 e. The van der Waals surface area contributed by atoms with Crippen molar-refractivity contribution in [2.24, 2.45) is 5.73 Å². The second kappa shape index (κ2) is 9.46. The molecule has 0 aliphatic heterocycles. The fourth-order valence-electron chi connectivity index (χ4n) is 2.70. The molecule has 0 fully saturated rings. The fraction of sp³-hybridized carbons (Fsp3) is 0.562. The van der Waals surface area contributed by atoms with Crippen molar-refractivity contribution >= 4 is 41.0 Å². The monoisotopic (exact) mass is 386 g/mol. The topological polar surface area (TPSA) is 80.9 Å². The molecule has 5 nitrogen and oxygen atoms in total. The van der Waals surface area contributed by atoms with Crippen LogP contribution in [0.15, 0.2) is 5.38 Å². The van der Waals surface area contributed by atoms with Crippen molar-refractivity contribution in [3.05, 3.63) is 31.7 Å². The third-order valence-corrected chi connectivity index (χ3v) is 6.01. The minimum Gasteiger partial charge on any atom is -0.351 e. The minimum atomic E-state index is -0.0945. The third kappa shape index (κ3) is 4.99. The van der Waals surface area contributed by atoms with Crippen LogP contribution in [0.5, 0.6) is 0 Å². The summed E-state index contributed by atoms with van der Waals surface area (Å²) in [4.78, 5) is 22.5. The number of thiazole rings is 2. The van der Waals surface area contributed by atoms with Crippen molar-refractivity contribution in [1.82, 2.24) is 15.3 Å². The summed E-state index contributed by atoms with van der Waals surface area (Å²) in [7, 11) is 0. The molecule has 0 radical (unpaired) electrons. The Balaban J connectivity index is 0.00000208. The van der Waals surface area contributed by atoms with E-state index in [1.165, 1.54) is 46.2 Å². The zero-order valence-electron chi connectivity index (χ0n) is 13.5. The number of hydrogen-bond acceptors (Lipinski definition) is 6. The molecule has 0 spiro atoms. The maximum atomic E-state index is 12.0. The Morgan fingerprint density at radius 2 is 2.04 bits per heavy atom. The number of aromatic nitrogens is 2. The summed E-state index contributed by atoms with van der Waals surface area (Å²) in [6.45, 7) is 1.22. The number of carbonyl (C=O) groups is 1. The van der Waals surface area contributed by atoms with E-state index in [-0.39, 0.29) is 18.3 Å². The molecule has 2 heterocycles. The molecule has 24 heavy (non-hydrogen) atoms. The Morgan fingerprint density at radius 3 is 2.83 bits per heavy atom. The van der Waals surface area contributed by atoms with Crippen LogP contribution in [0, 0.1) is 0 Å². The van der Waals surface area contributed by atoms with E-state index in [2.05, 4.69) is 10.3 Å². The van der Waals surface area contributed by atoms with Gasteiger partial charge in [0.1, 0.15) is 5.69 Å². The van der Waals surface area contributed by atoms with Crippen molar-refractivity contribution < 1.29 is 4.79 Å². The minimum absolute atomic E-state index is 0. The number of nitrogens with zero attached hydrogens (tertiary/aromatic N) is 2. The first kappa shape index (κ1) is 19.3. The SMILES string of the molecule is Cl.NCCc1nc(C(=O)NCCCc2nc3c(s2)CCCC3)cs1. The van der Waals surface area contributed by atoms with Gasteiger partial charge in [-0.25, -0.2) is 9.97 Å². The number of fused-ring (bicyclic) bond motifs is 1. The van der Waals surface area contributed by atoms with Crippen LogP contribution in [0.25, 0.3) is 0 Å². The van der Waals surface area contributed by atoms with E-state index in [1.807, 2.05) is 11.3 Å². The van der Waals surface area contributed by atoms with Crippen molar-refractivity contribution in [2.75, 3.05) is 13.1 Å². The summed E-state index contributed by atoms with van der Waals surface area (Å²) in [5.74, 6) is -0.0945. The van der Waals surface area contributed by atoms with Gasteiger partial charge in [-0.3, -0.25) is 4.79 Å². The molecule has 2 aromatic rings. The Kier molecular flexibility index (Phi) is 7.61. The van der Waals surface area contributed by atoms with Gasteiger partial charge in [-0.2, -0.15) is 0 Å². The van der Waals surface area contributed by atoms with E-state index >= 15 is 0 Å². The summed E-state index contributed by atoms with van der Waals surface area (Å²) in [6, 6.07) is 0. The Bertz CT molecular complexity index is 647. The third-order valence-electron chi connectivity index (χ3n) is 3.89. The standard InChI is InChI=1S/C16H22N4OS2.ClH/c17-8-7-14-20-12(10-22-14)16(21)18-9-3-6-15-19-11-4-1-2-5-13(11)23-15;/h10H,1-9,17H2,(H,18,21);1H. The molecular weight excluding hydrogens is 364 g/mol. The van der Waals surface area contributed by atoms with Crippen LogP contribution >= 0.6 is 35.1 Å². The Hall–Kier alpha value is -1.02. The van der Waals surface area contributed by atoms with E-state index < -0.39 is 0 Å². The van der Waals surface area contributed by atoms with E-state index in [0.717, 1.165) is 30.7 Å². The van der Waals surface area contributed by atoms with Gasteiger partial charge in [0.15, 0.2) is 0 Å². The van der Waals surface area contributed by atoms with Gasteiger partial charge in [0.25, 0.3) is 5.91 Å². The van der Waals surface area contributed by atoms with Crippen molar-refractivity contribution in [3.8, 4) is 0 Å². The lowest BCUT2D eigenvalue weighted by Crippen LogP contribution is -2.25. The summed E-state index contributed by atoms with van der Waals surface area (Å²) in [5, 5.41) is 6.87. The summed E-state index contributed by atoms with van der Waals surface area (Å²) < 4.78 is 0. The van der Waals surface area contributed by atoms with Crippen LogP contribution in [0.2, 0.25) is 0 Å². The molecule has 1 aliphatic carbocycles. The van der Waals surface area contributed by atoms with Crippen LogP contribution in [-0.4, -0.2) is 29.0 Å². The smallest absolute Gasteiger partial charge is 0.270 e. The van der Waals surface area contributed by atoms with Crippen LogP contribution < -0.4 is 11.1 Å². The van der Waals surface area contributed by atoms with Gasteiger partial charge in [-0.15, -0.1) is 35.1 Å². The van der Waals surface area contributed by atoms with E-state index in [9.17, 15) is 4.79 Å². The van der Waals surface area contributed by atoms with Gasteiger partial charge >= 0.3 is 0 Å². The molecule has 0 atom stereocenters. The number of nitrogens with two attached hydrogens (primary N) is 1. The molecule has 1 amide bonds. The summed E-state index contributed by atoms with van der Waals surface area (Å²) >= 11 is 3.35. The summed E-state index contributed by atoms with van der Waals surface area (Å²) in [5.41, 5.74) is 7.31. The van der Waals surface area contributed by atoms with Crippen LogP contribution in [0.3, 0.4) is 0 Å². The lowest BCUT2D eigenvalue weighted by molar-refractivity contribution is 0.0948. The predicted molar refractivity (Wildman–Crippen MR) is 102 cm³/mol. The maximum absolute atomic E-state index is 12.0. The second-order valence-electron chi connectivity index (χ2n) is 5.71. The van der Waals surface area contributed by atoms with E-state index in [4.69, 9.17) is 10.7 Å². The molecule has 0 aromatic carbocycles. The lowest BCUT2D eigenvalue weighted by atomic mass is 10.0. The Labute approximate surface area is 156 Å². The highest BCUT2D eigenvalue weighted by Gasteiger charge is 2.15. The molecular formula is C16H23ClN4OS2. The van der Waals surface area contributed by atoms with E-state index in [1.54, 1.807) is 5.38 Å². The average Bonchev–Trinajstić information content (AvgIpc) is 3.18. The fourth-order valence-corrected chi connectivity index (χ4v) is 4.69. The lowest BCUT2D eigenvalue weighted by Gasteiger charge is -2.06. The zero-order valence-corrected chi connectivity index (χ0v) is 16.0. The molecule has 0 unspecified atom stereocenters. The molecule has 0 saturated carbocycles. The average molecular weight is 387 g/mol. The first-order chi connectivity index (χ1) is 11.3. The highest BCUT2D eigenvalue weighted by Crippen LogP contribution is 2.27. The zero-order chi connectivity index (χ0) is 16.1. The van der Waals surface area contributed by atoms with Gasteiger partial charge in [0.05, 0.1) is 15.7 Å². The van der Waals surface area contributed by atoms with Gasteiger partial charge in [-0.05, 0) is 38.6 Å². The number of hydrogen-bond donors (Lipinski definition) is 2. The maximum Gasteiger partial charge on any atom is 0.270 e. The molecule has 3 N–H and O–H groups in total. The number of aryl methyl sites for hydroxylation is 3. The highest BCUT2D eigenvalue weighted by molar-refractivity contribution is 7.11. The first-order valence-corrected chi connectivity index (χ1v) is 9.86. The number of nitrogens with one attached hydrogen (secondary N) is 1. The van der Waals surface area contributed by atoms with Gasteiger partial charge in [-0.1, -0.05) is 0 Å². The molecule has 1 aliphatic rings. The van der Waals surface area contributed by atoms with Crippen molar-refractivity contribution in [1.29, 1.82) is 0 Å². The van der Waals surface area contributed by atoms with Gasteiger partial charge in [0, 0.05) is 29.6 Å². The number of carbonyl (C=O) groups excluding carboxylic acids is 1. The van der Waals surface area contributed by atoms with Crippen molar-refractivity contribution in [2.45, 2.75) is 44.9 Å². The van der Waals surface area contributed by atoms with Gasteiger partial charge in [0.2, 0.25) is 0 Å². The second-order valence-corrected chi connectivity index (χ2v) is 7.82. The first-order valence-electron chi connectivity index (χ1n) is 8.16. The quantitative estimate of drug-likeness (QED) is 0.717. The predicted octanol–water partition coefficient (Wildman–Crippen LogP) is 2.76. The molecule has 0 saturated heterocycles. The van der Waals surface area contributed by atoms with Gasteiger partial charge < -0.3 is 11.1 Å². The molecule has 3 rings (SSSR count). The van der Waals surface area contributed by atoms with E-state index in [0.29, 0.717) is 18.8 Å². The molecule has 0 bridgehead atoms. The molecule has 8 heteroatoms.